The lowest BCUT2D eigenvalue weighted by Crippen LogP contribution is -2.47. The third-order valence-electron chi connectivity index (χ3n) is 3.89. The molecule has 6 heteroatoms. The van der Waals surface area contributed by atoms with Crippen molar-refractivity contribution in [3.8, 4) is 0 Å². The quantitative estimate of drug-likeness (QED) is 0.879. The normalized spacial score (nSPS) is 19.9. The summed E-state index contributed by atoms with van der Waals surface area (Å²) in [5, 5.41) is 11.5. The maximum absolute atomic E-state index is 11.5. The van der Waals surface area contributed by atoms with Crippen LogP contribution in [0.4, 0.5) is 4.79 Å². The molecular formula is C17H19NO3S2. The van der Waals surface area contributed by atoms with Crippen LogP contribution in [0, 0.1) is 0 Å². The van der Waals surface area contributed by atoms with Gasteiger partial charge in [0.2, 0.25) is 0 Å². The summed E-state index contributed by atoms with van der Waals surface area (Å²) in [4.78, 5) is 14.1. The number of rotatable bonds is 4. The van der Waals surface area contributed by atoms with Gasteiger partial charge in [-0.25, -0.2) is 4.79 Å². The van der Waals surface area contributed by atoms with E-state index in [2.05, 4.69) is 35.7 Å². The number of nitrogens with zero attached hydrogens (tertiary/aromatic N) is 1. The van der Waals surface area contributed by atoms with E-state index >= 15 is 0 Å². The number of amides is 1. The van der Waals surface area contributed by atoms with Gasteiger partial charge in [0.25, 0.3) is 0 Å². The lowest BCUT2D eigenvalue weighted by atomic mass is 10.1. The molecule has 122 valence electrons. The first kappa shape index (κ1) is 16.4. The molecule has 1 atom stereocenters. The maximum Gasteiger partial charge on any atom is 0.409 e. The van der Waals surface area contributed by atoms with Crippen molar-refractivity contribution in [1.82, 2.24) is 4.90 Å². The Labute approximate surface area is 144 Å². The number of carboxylic acid groups (broad SMARTS) is 1. The molecule has 0 bridgehead atoms. The minimum absolute atomic E-state index is 0.140. The Morgan fingerprint density at radius 1 is 1.39 bits per heavy atom. The van der Waals surface area contributed by atoms with Gasteiger partial charge in [-0.05, 0) is 49.4 Å². The molecule has 0 radical (unpaired) electrons. The van der Waals surface area contributed by atoms with Crippen LogP contribution in [0.25, 0.3) is 0 Å². The first-order chi connectivity index (χ1) is 11.0. The monoisotopic (exact) mass is 349 g/mol. The molecule has 0 saturated carbocycles. The highest BCUT2D eigenvalue weighted by atomic mass is 32.2. The molecule has 0 aliphatic carbocycles. The molecular weight excluding hydrogens is 330 g/mol. The standard InChI is InChI=1S/C17H19NO3S2/c1-17(2)18(16(19)20)13(11-21-17)10-12-5-7-14(8-6-12)23-15-4-3-9-22-15/h3-9,13H,10-11H2,1-2H3,(H,19,20). The molecule has 1 aromatic carbocycles. The molecule has 1 saturated heterocycles. The molecule has 1 aliphatic heterocycles. The summed E-state index contributed by atoms with van der Waals surface area (Å²) in [5.41, 5.74) is 0.365. The third kappa shape index (κ3) is 3.71. The minimum atomic E-state index is -0.928. The summed E-state index contributed by atoms with van der Waals surface area (Å²) in [5.74, 6) is 0. The lowest BCUT2D eigenvalue weighted by molar-refractivity contribution is -0.0419. The highest BCUT2D eigenvalue weighted by molar-refractivity contribution is 8.01. The molecule has 1 aromatic heterocycles. The number of hydrogen-bond acceptors (Lipinski definition) is 4. The van der Waals surface area contributed by atoms with Gasteiger partial charge >= 0.3 is 6.09 Å². The largest absolute Gasteiger partial charge is 0.465 e. The smallest absolute Gasteiger partial charge is 0.409 e. The fourth-order valence-electron chi connectivity index (χ4n) is 2.82. The fraction of sp³-hybridized carbons (Fsp3) is 0.353. The zero-order chi connectivity index (χ0) is 16.4. The molecule has 2 heterocycles. The molecule has 2 aromatic rings. The van der Waals surface area contributed by atoms with Crippen LogP contribution in [0.15, 0.2) is 50.9 Å². The summed E-state index contributed by atoms with van der Waals surface area (Å²) < 4.78 is 6.90. The predicted octanol–water partition coefficient (Wildman–Crippen LogP) is 4.56. The van der Waals surface area contributed by atoms with Crippen LogP contribution in [0.2, 0.25) is 0 Å². The Hall–Kier alpha value is -1.50. The Kier molecular flexibility index (Phi) is 4.66. The van der Waals surface area contributed by atoms with E-state index in [9.17, 15) is 9.90 Å². The zero-order valence-corrected chi connectivity index (χ0v) is 14.7. The Balaban J connectivity index is 1.67. The third-order valence-corrected chi connectivity index (χ3v) is 5.93. The van der Waals surface area contributed by atoms with Crippen LogP contribution in [-0.2, 0) is 11.2 Å². The second-order valence-corrected chi connectivity index (χ2v) is 8.27. The summed E-state index contributed by atoms with van der Waals surface area (Å²) in [6.45, 7) is 4.02. The number of hydrogen-bond donors (Lipinski definition) is 1. The Morgan fingerprint density at radius 3 is 2.74 bits per heavy atom. The van der Waals surface area contributed by atoms with E-state index in [1.807, 2.05) is 6.07 Å². The molecule has 4 nitrogen and oxygen atoms in total. The molecule has 3 rings (SSSR count). The van der Waals surface area contributed by atoms with E-state index in [1.54, 1.807) is 36.9 Å². The van der Waals surface area contributed by atoms with Crippen molar-refractivity contribution in [2.24, 2.45) is 0 Å². The average Bonchev–Trinajstić information content (AvgIpc) is 3.09. The topological polar surface area (TPSA) is 49.8 Å². The van der Waals surface area contributed by atoms with Gasteiger partial charge in [-0.2, -0.15) is 0 Å². The van der Waals surface area contributed by atoms with Crippen molar-refractivity contribution < 1.29 is 14.6 Å². The molecule has 0 spiro atoms. The molecule has 1 amide bonds. The van der Waals surface area contributed by atoms with Crippen LogP contribution in [0.5, 0.6) is 0 Å². The van der Waals surface area contributed by atoms with Gasteiger partial charge in [0.05, 0.1) is 16.9 Å². The zero-order valence-electron chi connectivity index (χ0n) is 13.1. The maximum atomic E-state index is 11.5. The summed E-state index contributed by atoms with van der Waals surface area (Å²) in [6.07, 6.45) is -0.262. The van der Waals surface area contributed by atoms with Crippen LogP contribution in [-0.4, -0.2) is 34.5 Å². The number of ether oxygens (including phenoxy) is 1. The highest BCUT2D eigenvalue weighted by Crippen LogP contribution is 2.32. The fourth-order valence-corrected chi connectivity index (χ4v) is 4.57. The lowest BCUT2D eigenvalue weighted by Gasteiger charge is -2.31. The summed E-state index contributed by atoms with van der Waals surface area (Å²) in [6, 6.07) is 12.3. The molecule has 1 aliphatic rings. The van der Waals surface area contributed by atoms with Crippen LogP contribution >= 0.6 is 23.1 Å². The second kappa shape index (κ2) is 6.55. The van der Waals surface area contributed by atoms with E-state index in [1.165, 1.54) is 14.0 Å². The summed E-state index contributed by atoms with van der Waals surface area (Å²) >= 11 is 3.47. The number of carbonyl (C=O) groups is 1. The summed E-state index contributed by atoms with van der Waals surface area (Å²) in [7, 11) is 0. The van der Waals surface area contributed by atoms with Crippen molar-refractivity contribution in [3.63, 3.8) is 0 Å². The van der Waals surface area contributed by atoms with Crippen molar-refractivity contribution >= 4 is 29.2 Å². The van der Waals surface area contributed by atoms with Gasteiger partial charge < -0.3 is 9.84 Å². The minimum Gasteiger partial charge on any atom is -0.465 e. The first-order valence-electron chi connectivity index (χ1n) is 7.42. The van der Waals surface area contributed by atoms with Gasteiger partial charge in [0.1, 0.15) is 5.72 Å². The van der Waals surface area contributed by atoms with E-state index in [0.717, 1.165) is 5.56 Å². The predicted molar refractivity (Wildman–Crippen MR) is 92.3 cm³/mol. The Bertz CT molecular complexity index is 668. The van der Waals surface area contributed by atoms with Gasteiger partial charge in [0, 0.05) is 4.90 Å². The van der Waals surface area contributed by atoms with Crippen molar-refractivity contribution in [2.75, 3.05) is 6.61 Å². The van der Waals surface area contributed by atoms with Crippen molar-refractivity contribution in [1.29, 1.82) is 0 Å². The van der Waals surface area contributed by atoms with E-state index in [4.69, 9.17) is 4.74 Å². The van der Waals surface area contributed by atoms with E-state index < -0.39 is 11.8 Å². The number of benzene rings is 1. The second-order valence-electron chi connectivity index (χ2n) is 5.95. The van der Waals surface area contributed by atoms with Crippen molar-refractivity contribution in [2.45, 2.75) is 41.1 Å². The van der Waals surface area contributed by atoms with Gasteiger partial charge in [-0.15, -0.1) is 11.3 Å². The van der Waals surface area contributed by atoms with Crippen LogP contribution in [0.3, 0.4) is 0 Å². The average molecular weight is 349 g/mol. The first-order valence-corrected chi connectivity index (χ1v) is 9.12. The Morgan fingerprint density at radius 2 is 2.13 bits per heavy atom. The number of thiophene rings is 1. The molecule has 1 fully saturated rings. The van der Waals surface area contributed by atoms with Crippen LogP contribution < -0.4 is 0 Å². The molecule has 1 N–H and O–H groups in total. The SMILES string of the molecule is CC1(C)OCC(Cc2ccc(Sc3cccs3)cc2)N1C(=O)O. The van der Waals surface area contributed by atoms with Crippen LogP contribution in [0.1, 0.15) is 19.4 Å². The molecule has 1 unspecified atom stereocenters. The van der Waals surface area contributed by atoms with E-state index in [0.29, 0.717) is 13.0 Å². The van der Waals surface area contributed by atoms with Gasteiger partial charge in [-0.1, -0.05) is 30.0 Å². The van der Waals surface area contributed by atoms with Gasteiger partial charge in [0.15, 0.2) is 0 Å². The van der Waals surface area contributed by atoms with Gasteiger partial charge in [-0.3, -0.25) is 4.90 Å². The highest BCUT2D eigenvalue weighted by Gasteiger charge is 2.43. The van der Waals surface area contributed by atoms with E-state index in [-0.39, 0.29) is 6.04 Å². The molecule has 23 heavy (non-hydrogen) atoms. The van der Waals surface area contributed by atoms with Crippen molar-refractivity contribution in [3.05, 3.63) is 47.3 Å².